The summed E-state index contributed by atoms with van der Waals surface area (Å²) < 4.78 is 26.8. The Labute approximate surface area is 194 Å². The van der Waals surface area contributed by atoms with Crippen molar-refractivity contribution in [1.82, 2.24) is 15.8 Å². The van der Waals surface area contributed by atoms with E-state index < -0.39 is 29.5 Å². The highest BCUT2D eigenvalue weighted by Gasteiger charge is 2.19. The molecule has 0 aliphatic heterocycles. The number of hydroxylamine groups is 1. The average molecular weight is 469 g/mol. The molecule has 0 bridgehead atoms. The molecule has 10 heteroatoms. The van der Waals surface area contributed by atoms with Gasteiger partial charge in [0.05, 0.1) is 24.6 Å². The van der Waals surface area contributed by atoms with Crippen molar-refractivity contribution in [3.63, 3.8) is 0 Å². The number of hydrogen-bond donors (Lipinski definition) is 5. The lowest BCUT2D eigenvalue weighted by molar-refractivity contribution is -0.130. The van der Waals surface area contributed by atoms with Crippen LogP contribution in [0.1, 0.15) is 22.3 Å². The number of hydrogen-bond acceptors (Lipinski definition) is 6. The van der Waals surface area contributed by atoms with E-state index in [2.05, 4.69) is 5.32 Å². The maximum Gasteiger partial charge on any atom is 0.254 e. The van der Waals surface area contributed by atoms with E-state index in [4.69, 9.17) is 16.8 Å². The van der Waals surface area contributed by atoms with Crippen LogP contribution in [0.5, 0.6) is 0 Å². The zero-order valence-electron chi connectivity index (χ0n) is 18.2. The van der Waals surface area contributed by atoms with Gasteiger partial charge in [0, 0.05) is 18.0 Å². The number of benzene rings is 3. The molecule has 3 rings (SSSR count). The van der Waals surface area contributed by atoms with Gasteiger partial charge >= 0.3 is 0 Å². The summed E-state index contributed by atoms with van der Waals surface area (Å²) in [4.78, 5) is 24.0. The minimum atomic E-state index is -0.994. The SMILES string of the molecule is N/C(=C\N(N)C(CC(=O)NO)Cc1ccc2ccccc2c1)CNC(=O)c1ccc(F)cc1F. The second-order valence-corrected chi connectivity index (χ2v) is 7.74. The van der Waals surface area contributed by atoms with Crippen LogP contribution in [-0.2, 0) is 11.2 Å². The van der Waals surface area contributed by atoms with E-state index in [9.17, 15) is 18.4 Å². The van der Waals surface area contributed by atoms with Crippen LogP contribution < -0.4 is 22.4 Å². The second kappa shape index (κ2) is 11.2. The lowest BCUT2D eigenvalue weighted by Crippen LogP contribution is -2.42. The molecule has 7 N–H and O–H groups in total. The average Bonchev–Trinajstić information content (AvgIpc) is 2.81. The fourth-order valence-electron chi connectivity index (χ4n) is 3.47. The Balaban J connectivity index is 1.69. The molecule has 0 fully saturated rings. The van der Waals surface area contributed by atoms with Gasteiger partial charge < -0.3 is 16.1 Å². The highest BCUT2D eigenvalue weighted by molar-refractivity contribution is 5.94. The Kier molecular flexibility index (Phi) is 8.12. The highest BCUT2D eigenvalue weighted by atomic mass is 19.1. The molecule has 8 nitrogen and oxygen atoms in total. The third kappa shape index (κ3) is 6.50. The van der Waals surface area contributed by atoms with Crippen LogP contribution in [-0.4, -0.2) is 34.6 Å². The molecule has 178 valence electrons. The van der Waals surface area contributed by atoms with Gasteiger partial charge in [-0.3, -0.25) is 14.8 Å². The van der Waals surface area contributed by atoms with Crippen LogP contribution >= 0.6 is 0 Å². The summed E-state index contributed by atoms with van der Waals surface area (Å²) in [6, 6.07) is 15.7. The first-order valence-electron chi connectivity index (χ1n) is 10.4. The van der Waals surface area contributed by atoms with E-state index in [1.807, 2.05) is 42.5 Å². The molecule has 0 aromatic heterocycles. The van der Waals surface area contributed by atoms with E-state index >= 15 is 0 Å². The Hall–Kier alpha value is -4.02. The highest BCUT2D eigenvalue weighted by Crippen LogP contribution is 2.19. The zero-order chi connectivity index (χ0) is 24.7. The lowest BCUT2D eigenvalue weighted by Gasteiger charge is -2.26. The quantitative estimate of drug-likeness (QED) is 0.186. The zero-order valence-corrected chi connectivity index (χ0v) is 18.2. The topological polar surface area (TPSA) is 134 Å². The summed E-state index contributed by atoms with van der Waals surface area (Å²) in [6.45, 7) is -0.168. The number of carbonyl (C=O) groups excluding carboxylic acids is 2. The summed E-state index contributed by atoms with van der Waals surface area (Å²) in [5, 5.41) is 14.7. The first kappa shape index (κ1) is 24.6. The molecular weight excluding hydrogens is 444 g/mol. The molecule has 1 unspecified atom stereocenters. The molecule has 0 radical (unpaired) electrons. The maximum atomic E-state index is 13.8. The minimum absolute atomic E-state index is 0.128. The van der Waals surface area contributed by atoms with Crippen molar-refractivity contribution >= 4 is 22.6 Å². The van der Waals surface area contributed by atoms with Crippen molar-refractivity contribution in [2.45, 2.75) is 18.9 Å². The largest absolute Gasteiger partial charge is 0.399 e. The first-order valence-corrected chi connectivity index (χ1v) is 10.4. The van der Waals surface area contributed by atoms with Crippen molar-refractivity contribution in [1.29, 1.82) is 0 Å². The number of carbonyl (C=O) groups is 2. The van der Waals surface area contributed by atoms with Crippen molar-refractivity contribution in [2.24, 2.45) is 11.6 Å². The van der Waals surface area contributed by atoms with E-state index in [-0.39, 0.29) is 24.2 Å². The van der Waals surface area contributed by atoms with Crippen molar-refractivity contribution < 1.29 is 23.6 Å². The summed E-state index contributed by atoms with van der Waals surface area (Å²) in [6.07, 6.45) is 1.58. The monoisotopic (exact) mass is 469 g/mol. The number of rotatable bonds is 9. The number of halogens is 2. The van der Waals surface area contributed by atoms with Crippen molar-refractivity contribution in [3.05, 3.63) is 95.3 Å². The Bertz CT molecular complexity index is 1220. The molecule has 34 heavy (non-hydrogen) atoms. The van der Waals surface area contributed by atoms with Crippen LogP contribution in [0.15, 0.2) is 72.6 Å². The summed E-state index contributed by atoms with van der Waals surface area (Å²) >= 11 is 0. The molecule has 0 saturated heterocycles. The third-order valence-corrected chi connectivity index (χ3v) is 5.20. The minimum Gasteiger partial charge on any atom is -0.399 e. The van der Waals surface area contributed by atoms with Crippen LogP contribution in [0.2, 0.25) is 0 Å². The molecule has 2 amide bonds. The van der Waals surface area contributed by atoms with E-state index in [0.717, 1.165) is 28.5 Å². The van der Waals surface area contributed by atoms with Gasteiger partial charge in [-0.15, -0.1) is 0 Å². The van der Waals surface area contributed by atoms with E-state index in [1.54, 1.807) is 5.48 Å². The van der Waals surface area contributed by atoms with E-state index in [0.29, 0.717) is 12.5 Å². The van der Waals surface area contributed by atoms with Gasteiger partial charge in [0.2, 0.25) is 5.91 Å². The Morgan fingerprint density at radius 3 is 2.50 bits per heavy atom. The van der Waals surface area contributed by atoms with E-state index in [1.165, 1.54) is 11.2 Å². The van der Waals surface area contributed by atoms with Crippen molar-refractivity contribution in [3.8, 4) is 0 Å². The van der Waals surface area contributed by atoms with Gasteiger partial charge in [-0.25, -0.2) is 20.1 Å². The Morgan fingerprint density at radius 1 is 1.06 bits per heavy atom. The molecule has 0 aliphatic rings. The predicted molar refractivity (Wildman–Crippen MR) is 123 cm³/mol. The van der Waals surface area contributed by atoms with Crippen molar-refractivity contribution in [2.75, 3.05) is 6.54 Å². The molecule has 1 atom stereocenters. The molecule has 0 saturated carbocycles. The van der Waals surface area contributed by atoms with Gasteiger partial charge in [0.1, 0.15) is 11.6 Å². The fourth-order valence-corrected chi connectivity index (χ4v) is 3.47. The molecule has 3 aromatic carbocycles. The van der Waals surface area contributed by atoms with Crippen LogP contribution in [0.25, 0.3) is 10.8 Å². The van der Waals surface area contributed by atoms with Gasteiger partial charge in [-0.05, 0) is 34.9 Å². The molecule has 0 spiro atoms. The predicted octanol–water partition coefficient (Wildman–Crippen LogP) is 2.33. The molecule has 0 heterocycles. The van der Waals surface area contributed by atoms with Crippen LogP contribution in [0, 0.1) is 11.6 Å². The summed E-state index contributed by atoms with van der Waals surface area (Å²) in [5.41, 5.74) is 8.27. The standard InChI is InChI=1S/C24H25F2N5O3/c25-18-7-8-21(22(26)11-18)24(33)29-13-19(27)14-31(28)20(12-23(32)30-34)10-15-5-6-16-3-1-2-4-17(16)9-15/h1-9,11,14,20,34H,10,12-13,27-28H2,(H,29,33)(H,30,32)/b19-14-. The fraction of sp³-hybridized carbons (Fsp3) is 0.167. The summed E-state index contributed by atoms with van der Waals surface area (Å²) in [7, 11) is 0. The molecule has 0 aliphatic carbocycles. The third-order valence-electron chi connectivity index (χ3n) is 5.20. The molecular formula is C24H25F2N5O3. The first-order chi connectivity index (χ1) is 16.3. The number of nitrogens with two attached hydrogens (primary N) is 2. The lowest BCUT2D eigenvalue weighted by atomic mass is 9.99. The van der Waals surface area contributed by atoms with Gasteiger partial charge in [0.25, 0.3) is 5.91 Å². The number of hydrazine groups is 1. The second-order valence-electron chi connectivity index (χ2n) is 7.74. The number of nitrogens with one attached hydrogen (secondary N) is 2. The van der Waals surface area contributed by atoms with Gasteiger partial charge in [0.15, 0.2) is 0 Å². The van der Waals surface area contributed by atoms with Crippen LogP contribution in [0.4, 0.5) is 8.78 Å². The van der Waals surface area contributed by atoms with Gasteiger partial charge in [-0.1, -0.05) is 42.5 Å². The number of nitrogens with zero attached hydrogens (tertiary/aromatic N) is 1. The Morgan fingerprint density at radius 2 is 1.79 bits per heavy atom. The maximum absolute atomic E-state index is 13.8. The van der Waals surface area contributed by atoms with Gasteiger partial charge in [-0.2, -0.15) is 0 Å². The number of amides is 2. The smallest absolute Gasteiger partial charge is 0.254 e. The normalized spacial score (nSPS) is 12.3. The number of fused-ring (bicyclic) bond motifs is 1. The summed E-state index contributed by atoms with van der Waals surface area (Å²) in [5.74, 6) is 2.95. The van der Waals surface area contributed by atoms with Crippen LogP contribution in [0.3, 0.4) is 0 Å². The molecule has 3 aromatic rings.